The van der Waals surface area contributed by atoms with Crippen molar-refractivity contribution in [3.05, 3.63) is 100 Å². The highest BCUT2D eigenvalue weighted by molar-refractivity contribution is 6.42. The number of halogens is 2. The standard InChI is InChI=1S/C26H22Cl2N2O/c27-22-14-13-19(16-23(22)28)25-17-21(20-11-4-5-12-24(20)30-25)26(31)29-15-7-6-10-18-8-2-1-3-9-18/h1-5,8-9,11-14,16-17H,6-7,10,15H2,(H,29,31). The number of nitrogens with one attached hydrogen (secondary N) is 1. The number of hydrogen-bond donors (Lipinski definition) is 1. The maximum Gasteiger partial charge on any atom is 0.252 e. The summed E-state index contributed by atoms with van der Waals surface area (Å²) in [6, 6.07) is 25.2. The van der Waals surface area contributed by atoms with Crippen LogP contribution in [0.5, 0.6) is 0 Å². The summed E-state index contributed by atoms with van der Waals surface area (Å²) >= 11 is 12.2. The van der Waals surface area contributed by atoms with E-state index in [1.165, 1.54) is 5.56 Å². The Kier molecular flexibility index (Phi) is 6.86. The number of hydrogen-bond acceptors (Lipinski definition) is 2. The number of aromatic nitrogens is 1. The lowest BCUT2D eigenvalue weighted by atomic mass is 10.0. The fourth-order valence-electron chi connectivity index (χ4n) is 3.56. The maximum absolute atomic E-state index is 13.0. The lowest BCUT2D eigenvalue weighted by Crippen LogP contribution is -2.25. The minimum absolute atomic E-state index is 0.0976. The summed E-state index contributed by atoms with van der Waals surface area (Å²) in [6.07, 6.45) is 2.95. The van der Waals surface area contributed by atoms with Crippen molar-refractivity contribution in [2.45, 2.75) is 19.3 Å². The van der Waals surface area contributed by atoms with E-state index in [9.17, 15) is 4.79 Å². The molecule has 0 fully saturated rings. The van der Waals surface area contributed by atoms with Crippen LogP contribution in [0, 0.1) is 0 Å². The van der Waals surface area contributed by atoms with Gasteiger partial charge >= 0.3 is 0 Å². The third-order valence-corrected chi connectivity index (χ3v) is 5.94. The van der Waals surface area contributed by atoms with Gasteiger partial charge in [-0.25, -0.2) is 4.98 Å². The quantitative estimate of drug-likeness (QED) is 0.310. The molecule has 0 bridgehead atoms. The minimum atomic E-state index is -0.0976. The number of amides is 1. The lowest BCUT2D eigenvalue weighted by Gasteiger charge is -2.11. The van der Waals surface area contributed by atoms with Gasteiger partial charge in [0, 0.05) is 17.5 Å². The fraction of sp³-hybridized carbons (Fsp3) is 0.154. The van der Waals surface area contributed by atoms with Gasteiger partial charge in [0.15, 0.2) is 0 Å². The summed E-state index contributed by atoms with van der Waals surface area (Å²) < 4.78 is 0. The van der Waals surface area contributed by atoms with Crippen LogP contribution in [0.3, 0.4) is 0 Å². The topological polar surface area (TPSA) is 42.0 Å². The average molecular weight is 449 g/mol. The maximum atomic E-state index is 13.0. The largest absolute Gasteiger partial charge is 0.352 e. The first-order valence-corrected chi connectivity index (χ1v) is 11.0. The van der Waals surface area contributed by atoms with Gasteiger partial charge in [-0.05, 0) is 49.1 Å². The SMILES string of the molecule is O=C(NCCCCc1ccccc1)c1cc(-c2ccc(Cl)c(Cl)c2)nc2ccccc12. The summed E-state index contributed by atoms with van der Waals surface area (Å²) in [5.74, 6) is -0.0976. The van der Waals surface area contributed by atoms with Crippen LogP contribution < -0.4 is 5.32 Å². The summed E-state index contributed by atoms with van der Waals surface area (Å²) in [5, 5.41) is 4.83. The first-order valence-electron chi connectivity index (χ1n) is 10.3. The number of nitrogens with zero attached hydrogens (tertiary/aromatic N) is 1. The van der Waals surface area contributed by atoms with Gasteiger partial charge < -0.3 is 5.32 Å². The van der Waals surface area contributed by atoms with E-state index in [4.69, 9.17) is 28.2 Å². The van der Waals surface area contributed by atoms with Crippen LogP contribution in [-0.2, 0) is 6.42 Å². The van der Waals surface area contributed by atoms with Crippen molar-refractivity contribution >= 4 is 40.0 Å². The predicted octanol–water partition coefficient (Wildman–Crippen LogP) is 6.96. The van der Waals surface area contributed by atoms with Crippen LogP contribution in [-0.4, -0.2) is 17.4 Å². The van der Waals surface area contributed by atoms with Crippen LogP contribution in [0.15, 0.2) is 78.9 Å². The van der Waals surface area contributed by atoms with E-state index in [-0.39, 0.29) is 5.91 Å². The third-order valence-electron chi connectivity index (χ3n) is 5.20. The predicted molar refractivity (Wildman–Crippen MR) is 129 cm³/mol. The van der Waals surface area contributed by atoms with Crippen molar-refractivity contribution in [1.29, 1.82) is 0 Å². The molecule has 1 aromatic heterocycles. The summed E-state index contributed by atoms with van der Waals surface area (Å²) in [7, 11) is 0. The molecule has 1 heterocycles. The van der Waals surface area contributed by atoms with E-state index in [0.29, 0.717) is 27.8 Å². The molecule has 0 unspecified atom stereocenters. The van der Waals surface area contributed by atoms with Crippen LogP contribution in [0.25, 0.3) is 22.2 Å². The number of unbranched alkanes of at least 4 members (excludes halogenated alkanes) is 1. The summed E-state index contributed by atoms with van der Waals surface area (Å²) in [5.41, 5.74) is 4.19. The summed E-state index contributed by atoms with van der Waals surface area (Å²) in [6.45, 7) is 0.629. The lowest BCUT2D eigenvalue weighted by molar-refractivity contribution is 0.0954. The van der Waals surface area contributed by atoms with Crippen LogP contribution in [0.2, 0.25) is 10.0 Å². The molecule has 3 aromatic carbocycles. The second kappa shape index (κ2) is 9.95. The normalized spacial score (nSPS) is 10.9. The van der Waals surface area contributed by atoms with Crippen LogP contribution in [0.4, 0.5) is 0 Å². The van der Waals surface area contributed by atoms with E-state index >= 15 is 0 Å². The van der Waals surface area contributed by atoms with Gasteiger partial charge in [-0.3, -0.25) is 4.79 Å². The third kappa shape index (κ3) is 5.25. The number of carbonyl (C=O) groups excluding carboxylic acids is 1. The van der Waals surface area contributed by atoms with E-state index in [1.54, 1.807) is 12.1 Å². The monoisotopic (exact) mass is 448 g/mol. The molecule has 0 aliphatic carbocycles. The van der Waals surface area contributed by atoms with Crippen LogP contribution >= 0.6 is 23.2 Å². The molecular formula is C26H22Cl2N2O. The van der Waals surface area contributed by atoms with Crippen LogP contribution in [0.1, 0.15) is 28.8 Å². The number of aryl methyl sites for hydroxylation is 1. The van der Waals surface area contributed by atoms with Gasteiger partial charge in [0.1, 0.15) is 0 Å². The Balaban J connectivity index is 1.50. The van der Waals surface area contributed by atoms with Gasteiger partial charge in [-0.15, -0.1) is 0 Å². The van der Waals surface area contributed by atoms with Crippen molar-refractivity contribution in [2.75, 3.05) is 6.54 Å². The Hall–Kier alpha value is -2.88. The number of rotatable bonds is 7. The highest BCUT2D eigenvalue weighted by atomic mass is 35.5. The number of fused-ring (bicyclic) bond motifs is 1. The molecule has 0 aliphatic rings. The molecule has 1 amide bonds. The molecule has 0 saturated heterocycles. The molecule has 5 heteroatoms. The van der Waals surface area contributed by atoms with E-state index in [2.05, 4.69) is 29.6 Å². The van der Waals surface area contributed by atoms with Crippen molar-refractivity contribution in [1.82, 2.24) is 10.3 Å². The Morgan fingerprint density at radius 1 is 0.839 bits per heavy atom. The van der Waals surface area contributed by atoms with Crippen molar-refractivity contribution in [2.24, 2.45) is 0 Å². The minimum Gasteiger partial charge on any atom is -0.352 e. The molecule has 0 spiro atoms. The molecule has 3 nitrogen and oxygen atoms in total. The number of para-hydroxylation sites is 1. The zero-order valence-corrected chi connectivity index (χ0v) is 18.5. The van der Waals surface area contributed by atoms with E-state index in [1.807, 2.05) is 42.5 Å². The molecule has 0 saturated carbocycles. The van der Waals surface area contributed by atoms with Crippen molar-refractivity contribution < 1.29 is 4.79 Å². The molecule has 0 aliphatic heterocycles. The van der Waals surface area contributed by atoms with Gasteiger partial charge in [0.2, 0.25) is 0 Å². The highest BCUT2D eigenvalue weighted by Crippen LogP contribution is 2.30. The first-order chi connectivity index (χ1) is 15.1. The zero-order chi connectivity index (χ0) is 21.6. The summed E-state index contributed by atoms with van der Waals surface area (Å²) in [4.78, 5) is 17.7. The molecule has 4 aromatic rings. The molecule has 31 heavy (non-hydrogen) atoms. The van der Waals surface area contributed by atoms with Gasteiger partial charge in [-0.1, -0.05) is 77.8 Å². The second-order valence-corrected chi connectivity index (χ2v) is 8.21. The van der Waals surface area contributed by atoms with Gasteiger partial charge in [-0.2, -0.15) is 0 Å². The first kappa shape index (κ1) is 21.4. The fourth-order valence-corrected chi connectivity index (χ4v) is 3.86. The molecule has 0 radical (unpaired) electrons. The molecule has 0 atom stereocenters. The molecular weight excluding hydrogens is 427 g/mol. The smallest absolute Gasteiger partial charge is 0.252 e. The number of pyridine rings is 1. The molecule has 156 valence electrons. The Labute approximate surface area is 192 Å². The van der Waals surface area contributed by atoms with E-state index < -0.39 is 0 Å². The van der Waals surface area contributed by atoms with Gasteiger partial charge in [0.25, 0.3) is 5.91 Å². The van der Waals surface area contributed by atoms with Crippen molar-refractivity contribution in [3.63, 3.8) is 0 Å². The Bertz CT molecular complexity index is 1210. The Morgan fingerprint density at radius 3 is 2.42 bits per heavy atom. The van der Waals surface area contributed by atoms with Crippen molar-refractivity contribution in [3.8, 4) is 11.3 Å². The average Bonchev–Trinajstić information content (AvgIpc) is 2.80. The zero-order valence-electron chi connectivity index (χ0n) is 16.9. The molecule has 1 N–H and O–H groups in total. The second-order valence-electron chi connectivity index (χ2n) is 7.40. The highest BCUT2D eigenvalue weighted by Gasteiger charge is 2.14. The van der Waals surface area contributed by atoms with Gasteiger partial charge in [0.05, 0.1) is 26.8 Å². The number of benzene rings is 3. The number of carbonyl (C=O) groups is 1. The van der Waals surface area contributed by atoms with E-state index in [0.717, 1.165) is 35.7 Å². The Morgan fingerprint density at radius 2 is 1.61 bits per heavy atom. The molecule has 4 rings (SSSR count).